The van der Waals surface area contributed by atoms with E-state index in [1.54, 1.807) is 87.7 Å². The predicted octanol–water partition coefficient (Wildman–Crippen LogP) is 22.7. The first kappa shape index (κ1) is 100. The maximum absolute atomic E-state index is 14.7. The molecule has 0 amide bonds. The third-order valence-corrected chi connectivity index (χ3v) is 28.7. The SMILES string of the molecule is CN1CCC(n2cc(-c3cncc(-c4cc(-c5cc(Cl)ccc5F)nc5ncccc45)c3)cn2)CC1.COCCN1CCC(n2cc(-c3cncc(-c4cc(-c5cc(F)ccc5F)nc5ncccc45)c3)cn2)CC1.COCCN1CCC(n2cc(-c3cncc(-c4cc(-c5ccccc5F)nc5ncccc45)c3)cn2)CC1.OCCN1CCC(n2cc(-c3cncc(-c4cc(-c5ccccc5F)nc5ncccc45)c3)cn2)CC1. The standard InChI is InChI=1S/C30H28F2N6O.C30H29FN6O.C29H27FN6O.C28H24ClFN6/c1-39-12-11-37-9-6-24(7-10-37)38-19-22(18-35-38)20-13-21(17-33-16-20)26-15-29(27-14-23(31)4-5-28(27)32)36-30-25(26)3-2-8-34-30;1-38-14-13-36-11-8-24(9-12-36)37-20-23(19-34-37)21-15-22(18-32-17-21)27-16-29(26-5-2-3-7-28(26)31)35-30-25(27)6-4-10-33-30;30-27-6-2-1-4-25(27)28-15-26(24-5-3-9-32-29(24)34-28)21-14-20(16-31-17-21)22-18-33-36(19-22)23-7-10-35(11-8-23)12-13-37;1-35-9-6-22(7-10-35)36-17-20(16-33-36)18-11-19(15-31-14-18)24-13-27(25-12-21(29)4-5-26(25)30)34-28-23(24)3-2-8-32-28/h2-5,8,13-19,24H,6-7,9-12H2,1H3;2-7,10,15-20,24H,8-9,11-14H2,1H3;1-6,9,14-19,23,37H,7-8,10-13H2;2-5,8,11-17,22H,6-7,9-10H2,1H3. The molecular formula is C117H108ClF5N24O3. The average molecular weight is 2030 g/mol. The van der Waals surface area contributed by atoms with E-state index in [0.717, 1.165) is 265 Å². The second kappa shape index (κ2) is 46.3. The summed E-state index contributed by atoms with van der Waals surface area (Å²) in [6, 6.07) is 53.7. The number of nitrogens with zero attached hydrogens (tertiary/aromatic N) is 24. The number of rotatable bonds is 24. The van der Waals surface area contributed by atoms with Gasteiger partial charge in [-0.3, -0.25) is 38.7 Å². The van der Waals surface area contributed by atoms with Crippen molar-refractivity contribution in [2.75, 3.05) is 113 Å². The van der Waals surface area contributed by atoms with Crippen LogP contribution in [0.2, 0.25) is 5.02 Å². The fraction of sp³-hybridized carbons (Fsp3) is 0.248. The van der Waals surface area contributed by atoms with Gasteiger partial charge >= 0.3 is 0 Å². The zero-order valence-electron chi connectivity index (χ0n) is 83.0. The number of likely N-dealkylation sites (tertiary alicyclic amines) is 4. The molecule has 4 aliphatic heterocycles. The zero-order valence-corrected chi connectivity index (χ0v) is 83.8. The Hall–Kier alpha value is -15.8. The Kier molecular flexibility index (Phi) is 30.9. The van der Waals surface area contributed by atoms with Gasteiger partial charge in [-0.05, 0) is 251 Å². The molecule has 20 aromatic rings. The van der Waals surface area contributed by atoms with E-state index in [1.165, 1.54) is 24.3 Å². The molecule has 1 N–H and O–H groups in total. The van der Waals surface area contributed by atoms with E-state index in [9.17, 15) is 27.1 Å². The van der Waals surface area contributed by atoms with Gasteiger partial charge in [-0.25, -0.2) is 61.8 Å². The Labute approximate surface area is 868 Å². The lowest BCUT2D eigenvalue weighted by Crippen LogP contribution is -2.36. The molecule has 33 heteroatoms. The normalized spacial score (nSPS) is 14.8. The van der Waals surface area contributed by atoms with Crippen LogP contribution in [-0.2, 0) is 9.47 Å². The molecule has 4 aliphatic rings. The highest BCUT2D eigenvalue weighted by Gasteiger charge is 2.29. The van der Waals surface area contributed by atoms with Crippen molar-refractivity contribution in [3.05, 3.63) is 340 Å². The molecule has 0 bridgehead atoms. The number of aliphatic hydroxyl groups is 1. The third-order valence-electron chi connectivity index (χ3n) is 28.5. The van der Waals surface area contributed by atoms with Gasteiger partial charge < -0.3 is 34.2 Å². The number of β-amino-alcohol motifs (C(OH)–C–C–N with tert-alkyl or cyclic N) is 1. The highest BCUT2D eigenvalue weighted by atomic mass is 35.5. The number of aromatic nitrogens is 20. The maximum Gasteiger partial charge on any atom is 0.160 e. The number of halogens is 6. The number of fused-ring (bicyclic) bond motifs is 4. The molecule has 150 heavy (non-hydrogen) atoms. The molecule has 4 aromatic carbocycles. The Morgan fingerprint density at radius 1 is 0.300 bits per heavy atom. The van der Waals surface area contributed by atoms with Crippen LogP contribution in [0, 0.1) is 29.1 Å². The van der Waals surface area contributed by atoms with Crippen molar-refractivity contribution in [2.45, 2.75) is 75.5 Å². The van der Waals surface area contributed by atoms with E-state index in [1.807, 2.05) is 147 Å². The van der Waals surface area contributed by atoms with Crippen LogP contribution < -0.4 is 0 Å². The Morgan fingerprint density at radius 2 is 0.593 bits per heavy atom. The number of pyridine rings is 12. The average Bonchev–Trinajstić information content (AvgIpc) is 1.23. The number of benzene rings is 4. The van der Waals surface area contributed by atoms with Gasteiger partial charge in [-0.2, -0.15) is 20.4 Å². The van der Waals surface area contributed by atoms with Crippen molar-refractivity contribution in [2.24, 2.45) is 0 Å². The summed E-state index contributed by atoms with van der Waals surface area (Å²) in [5.74, 6) is -2.10. The van der Waals surface area contributed by atoms with Crippen molar-refractivity contribution in [3.8, 4) is 134 Å². The van der Waals surface area contributed by atoms with E-state index in [4.69, 9.17) is 26.2 Å². The lowest BCUT2D eigenvalue weighted by Gasteiger charge is -2.31. The summed E-state index contributed by atoms with van der Waals surface area (Å²) in [6.45, 7) is 12.6. The third kappa shape index (κ3) is 22.9. The summed E-state index contributed by atoms with van der Waals surface area (Å²) >= 11 is 6.17. The highest BCUT2D eigenvalue weighted by Crippen LogP contribution is 2.43. The molecule has 0 saturated carbocycles. The summed E-state index contributed by atoms with van der Waals surface area (Å²) in [4.78, 5) is 63.8. The molecule has 16 aromatic heterocycles. The molecule has 4 fully saturated rings. The first-order chi connectivity index (χ1) is 73.5. The Bertz CT molecular complexity index is 8160. The van der Waals surface area contributed by atoms with Gasteiger partial charge in [0.05, 0.1) is 91.6 Å². The number of aliphatic hydroxyl groups excluding tert-OH is 1. The van der Waals surface area contributed by atoms with Gasteiger partial charge in [0.2, 0.25) is 0 Å². The molecule has 0 atom stereocenters. The monoisotopic (exact) mass is 2030 g/mol. The van der Waals surface area contributed by atoms with Gasteiger partial charge in [0.25, 0.3) is 0 Å². The van der Waals surface area contributed by atoms with Crippen LogP contribution in [0.3, 0.4) is 0 Å². The number of hydrogen-bond donors (Lipinski definition) is 1. The van der Waals surface area contributed by atoms with Crippen molar-refractivity contribution in [1.29, 1.82) is 0 Å². The van der Waals surface area contributed by atoms with Crippen LogP contribution in [0.25, 0.3) is 178 Å². The van der Waals surface area contributed by atoms with Crippen molar-refractivity contribution >= 4 is 55.7 Å². The highest BCUT2D eigenvalue weighted by molar-refractivity contribution is 6.30. The summed E-state index contributed by atoms with van der Waals surface area (Å²) in [5.41, 5.74) is 20.1. The molecule has 20 heterocycles. The topological polar surface area (TPSA) is 278 Å². The molecule has 0 unspecified atom stereocenters. The summed E-state index contributed by atoms with van der Waals surface area (Å²) in [5, 5.41) is 31.8. The Balaban J connectivity index is 0.000000117. The fourth-order valence-corrected chi connectivity index (χ4v) is 20.4. The van der Waals surface area contributed by atoms with Gasteiger partial charge in [0, 0.05) is 288 Å². The molecule has 0 aliphatic carbocycles. The maximum atomic E-state index is 14.7. The molecule has 0 spiro atoms. The number of methoxy groups -OCH3 is 2. The van der Waals surface area contributed by atoms with Gasteiger partial charge in [0.1, 0.15) is 29.1 Å². The van der Waals surface area contributed by atoms with Crippen molar-refractivity contribution in [1.82, 2.24) is 119 Å². The van der Waals surface area contributed by atoms with E-state index >= 15 is 0 Å². The van der Waals surface area contributed by atoms with Crippen LogP contribution >= 0.6 is 11.6 Å². The minimum Gasteiger partial charge on any atom is -0.395 e. The molecular weight excluding hydrogens is 1920 g/mol. The summed E-state index contributed by atoms with van der Waals surface area (Å²) in [6.07, 6.45) is 45.7. The van der Waals surface area contributed by atoms with Crippen LogP contribution in [0.1, 0.15) is 75.5 Å². The summed E-state index contributed by atoms with van der Waals surface area (Å²) in [7, 11) is 5.64. The first-order valence-corrected chi connectivity index (χ1v) is 50.8. The predicted molar refractivity (Wildman–Crippen MR) is 573 cm³/mol. The summed E-state index contributed by atoms with van der Waals surface area (Å²) < 4.78 is 91.3. The zero-order chi connectivity index (χ0) is 103. The van der Waals surface area contributed by atoms with Crippen molar-refractivity contribution < 1.29 is 36.5 Å². The lowest BCUT2D eigenvalue weighted by molar-refractivity contribution is 0.119. The van der Waals surface area contributed by atoms with Crippen LogP contribution in [0.15, 0.2) is 306 Å². The quantitative estimate of drug-likeness (QED) is 0.0550. The minimum atomic E-state index is -0.547. The fourth-order valence-electron chi connectivity index (χ4n) is 20.3. The second-order valence-corrected chi connectivity index (χ2v) is 38.5. The minimum absolute atomic E-state index is 0.0856. The second-order valence-electron chi connectivity index (χ2n) is 38.1. The van der Waals surface area contributed by atoms with Gasteiger partial charge in [0.15, 0.2) is 22.6 Å². The lowest BCUT2D eigenvalue weighted by atomic mass is 9.99. The van der Waals surface area contributed by atoms with Crippen molar-refractivity contribution in [3.63, 3.8) is 0 Å². The van der Waals surface area contributed by atoms with Crippen LogP contribution in [0.5, 0.6) is 0 Å². The van der Waals surface area contributed by atoms with Gasteiger partial charge in [-0.1, -0.05) is 35.9 Å². The van der Waals surface area contributed by atoms with Gasteiger partial charge in [-0.15, -0.1) is 0 Å². The number of piperidine rings is 4. The molecule has 0 radical (unpaired) electrons. The van der Waals surface area contributed by atoms with E-state index in [-0.39, 0.29) is 29.6 Å². The molecule has 756 valence electrons. The molecule has 4 saturated heterocycles. The van der Waals surface area contributed by atoms with E-state index in [0.29, 0.717) is 91.2 Å². The first-order valence-electron chi connectivity index (χ1n) is 50.4. The number of hydrogen-bond acceptors (Lipinski definition) is 23. The number of ether oxygens (including phenoxy) is 2. The Morgan fingerprint density at radius 3 is 0.920 bits per heavy atom. The largest absolute Gasteiger partial charge is 0.395 e. The van der Waals surface area contributed by atoms with E-state index in [2.05, 4.69) is 163 Å². The molecule has 27 nitrogen and oxygen atoms in total. The molecule has 24 rings (SSSR count). The van der Waals surface area contributed by atoms with Crippen LogP contribution in [0.4, 0.5) is 22.0 Å². The van der Waals surface area contributed by atoms with Crippen LogP contribution in [-0.4, -0.2) is 237 Å². The van der Waals surface area contributed by atoms with E-state index < -0.39 is 11.6 Å². The smallest absolute Gasteiger partial charge is 0.160 e.